The first-order valence-electron chi connectivity index (χ1n) is 5.84. The van der Waals surface area contributed by atoms with E-state index in [9.17, 15) is 10.0 Å². The molecule has 0 bridgehead atoms. The molecule has 1 atom stereocenters. The zero-order valence-electron chi connectivity index (χ0n) is 10.6. The summed E-state index contributed by atoms with van der Waals surface area (Å²) in [6.07, 6.45) is 2.94. The van der Waals surface area contributed by atoms with Gasteiger partial charge in [-0.3, -0.25) is 4.79 Å². The molecule has 0 aliphatic rings. The van der Waals surface area contributed by atoms with Gasteiger partial charge in [-0.15, -0.1) is 0 Å². The summed E-state index contributed by atoms with van der Waals surface area (Å²) in [6, 6.07) is 8.40. The van der Waals surface area contributed by atoms with E-state index in [0.717, 1.165) is 4.73 Å². The van der Waals surface area contributed by atoms with Gasteiger partial charge in [0.15, 0.2) is 11.3 Å². The summed E-state index contributed by atoms with van der Waals surface area (Å²) in [5, 5.41) is 14.5. The molecule has 0 radical (unpaired) electrons. The molecule has 0 saturated carbocycles. The first kappa shape index (κ1) is 14.6. The van der Waals surface area contributed by atoms with Gasteiger partial charge in [0.25, 0.3) is 5.03 Å². The number of carbonyl (C=O) groups excluding carboxylic acids is 1. The number of thioether (sulfide) groups is 1. The van der Waals surface area contributed by atoms with E-state index in [0.29, 0.717) is 10.7 Å². The number of amides is 1. The van der Waals surface area contributed by atoms with Crippen molar-refractivity contribution in [3.05, 3.63) is 53.1 Å². The molecule has 0 aromatic carbocycles. The molecule has 2 aromatic heterocycles. The molecule has 1 N–H and O–H groups in total. The van der Waals surface area contributed by atoms with Crippen LogP contribution in [0.3, 0.4) is 0 Å². The van der Waals surface area contributed by atoms with Crippen molar-refractivity contribution in [2.45, 2.75) is 17.2 Å². The van der Waals surface area contributed by atoms with E-state index >= 15 is 0 Å². The lowest BCUT2D eigenvalue weighted by molar-refractivity contribution is -0.645. The van der Waals surface area contributed by atoms with Crippen molar-refractivity contribution in [3.8, 4) is 0 Å². The molecule has 2 rings (SSSR count). The second kappa shape index (κ2) is 6.58. The molecule has 20 heavy (non-hydrogen) atoms. The van der Waals surface area contributed by atoms with Gasteiger partial charge in [-0.05, 0) is 36.9 Å². The third-order valence-corrected chi connectivity index (χ3v) is 3.90. The summed E-state index contributed by atoms with van der Waals surface area (Å²) in [5.41, 5.74) is 0.453. The van der Waals surface area contributed by atoms with Crippen LogP contribution in [-0.2, 0) is 4.79 Å². The lowest BCUT2D eigenvalue weighted by Gasteiger charge is -2.11. The number of hydrogen-bond acceptors (Lipinski definition) is 4. The summed E-state index contributed by atoms with van der Waals surface area (Å²) in [6.45, 7) is 1.72. The Morgan fingerprint density at radius 2 is 2.25 bits per heavy atom. The molecular formula is C13H12ClN3O2S. The predicted molar refractivity (Wildman–Crippen MR) is 78.6 cm³/mol. The van der Waals surface area contributed by atoms with Gasteiger partial charge >= 0.3 is 0 Å². The normalized spacial score (nSPS) is 11.9. The molecule has 2 heterocycles. The second-order valence-corrected chi connectivity index (χ2v) is 5.67. The number of hydrogen-bond donors (Lipinski definition) is 1. The monoisotopic (exact) mass is 309 g/mol. The largest absolute Gasteiger partial charge is 0.618 e. The molecular weight excluding hydrogens is 298 g/mol. The zero-order chi connectivity index (χ0) is 14.5. The van der Waals surface area contributed by atoms with Crippen LogP contribution >= 0.6 is 23.4 Å². The Labute approximate surface area is 125 Å². The highest BCUT2D eigenvalue weighted by Gasteiger charge is 2.19. The summed E-state index contributed by atoms with van der Waals surface area (Å²) in [5.74, 6) is -0.242. The summed E-state index contributed by atoms with van der Waals surface area (Å²) in [7, 11) is 0. The highest BCUT2D eigenvalue weighted by atomic mass is 35.5. The zero-order valence-corrected chi connectivity index (χ0v) is 12.2. The predicted octanol–water partition coefficient (Wildman–Crippen LogP) is 2.49. The van der Waals surface area contributed by atoms with Crippen LogP contribution in [0.4, 0.5) is 5.69 Å². The molecule has 0 spiro atoms. The van der Waals surface area contributed by atoms with Crippen LogP contribution in [0.2, 0.25) is 5.15 Å². The number of aromatic nitrogens is 2. The SMILES string of the molecule is C[C@H](Sc1cccc[n+]1[O-])C(=O)Nc1cccnc1Cl. The molecule has 7 heteroatoms. The van der Waals surface area contributed by atoms with Gasteiger partial charge in [-0.2, -0.15) is 4.73 Å². The minimum Gasteiger partial charge on any atom is -0.618 e. The quantitative estimate of drug-likeness (QED) is 0.408. The van der Waals surface area contributed by atoms with Crippen molar-refractivity contribution in [1.29, 1.82) is 0 Å². The lowest BCUT2D eigenvalue weighted by atomic mass is 10.4. The summed E-state index contributed by atoms with van der Waals surface area (Å²) >= 11 is 7.05. The van der Waals surface area contributed by atoms with Gasteiger partial charge in [0.05, 0.1) is 10.9 Å². The van der Waals surface area contributed by atoms with Crippen LogP contribution in [0.1, 0.15) is 6.92 Å². The molecule has 0 aliphatic carbocycles. The molecule has 1 amide bonds. The maximum Gasteiger partial charge on any atom is 0.252 e. The number of halogens is 1. The van der Waals surface area contributed by atoms with Crippen LogP contribution < -0.4 is 10.0 Å². The molecule has 0 aliphatic heterocycles. The van der Waals surface area contributed by atoms with E-state index in [2.05, 4.69) is 10.3 Å². The van der Waals surface area contributed by atoms with Crippen LogP contribution in [-0.4, -0.2) is 16.1 Å². The van der Waals surface area contributed by atoms with Crippen molar-refractivity contribution in [3.63, 3.8) is 0 Å². The third-order valence-electron chi connectivity index (χ3n) is 2.47. The van der Waals surface area contributed by atoms with E-state index in [1.165, 1.54) is 18.0 Å². The fourth-order valence-electron chi connectivity index (χ4n) is 1.45. The van der Waals surface area contributed by atoms with Crippen LogP contribution in [0, 0.1) is 5.21 Å². The van der Waals surface area contributed by atoms with Gasteiger partial charge in [0.2, 0.25) is 5.91 Å². The molecule has 5 nitrogen and oxygen atoms in total. The summed E-state index contributed by atoms with van der Waals surface area (Å²) in [4.78, 5) is 15.9. The fourth-order valence-corrected chi connectivity index (χ4v) is 2.47. The first-order chi connectivity index (χ1) is 9.58. The van der Waals surface area contributed by atoms with Crippen molar-refractivity contribution in [1.82, 2.24) is 4.98 Å². The number of anilines is 1. The number of rotatable bonds is 4. The average molecular weight is 310 g/mol. The number of nitrogens with zero attached hydrogens (tertiary/aromatic N) is 2. The van der Waals surface area contributed by atoms with E-state index < -0.39 is 5.25 Å². The van der Waals surface area contributed by atoms with Crippen molar-refractivity contribution in [2.24, 2.45) is 0 Å². The molecule has 2 aromatic rings. The van der Waals surface area contributed by atoms with Crippen LogP contribution in [0.5, 0.6) is 0 Å². The molecule has 0 fully saturated rings. The smallest absolute Gasteiger partial charge is 0.252 e. The Bertz CT molecular complexity index is 624. The Hall–Kier alpha value is -1.79. The maximum absolute atomic E-state index is 12.1. The van der Waals surface area contributed by atoms with Gasteiger partial charge in [0.1, 0.15) is 0 Å². The van der Waals surface area contributed by atoms with E-state index in [1.54, 1.807) is 43.5 Å². The lowest BCUT2D eigenvalue weighted by Crippen LogP contribution is -2.30. The van der Waals surface area contributed by atoms with E-state index in [-0.39, 0.29) is 11.1 Å². The summed E-state index contributed by atoms with van der Waals surface area (Å²) < 4.78 is 0.728. The Morgan fingerprint density at radius 3 is 2.95 bits per heavy atom. The molecule has 104 valence electrons. The molecule has 0 unspecified atom stereocenters. The van der Waals surface area contributed by atoms with Crippen molar-refractivity contribution in [2.75, 3.05) is 5.32 Å². The standard InChI is InChI=1S/C13H12ClN3O2S/c1-9(20-11-6-2-3-8-17(11)19)13(18)16-10-5-4-7-15-12(10)14/h2-9H,1H3,(H,16,18)/t9-/m0/s1. The van der Waals surface area contributed by atoms with Crippen LogP contribution in [0.25, 0.3) is 0 Å². The van der Waals surface area contributed by atoms with Crippen LogP contribution in [0.15, 0.2) is 47.8 Å². The van der Waals surface area contributed by atoms with E-state index in [4.69, 9.17) is 11.6 Å². The minimum atomic E-state index is -0.436. The number of nitrogens with one attached hydrogen (secondary N) is 1. The second-order valence-electron chi connectivity index (χ2n) is 3.96. The van der Waals surface area contributed by atoms with Crippen molar-refractivity contribution >= 4 is 35.0 Å². The first-order valence-corrected chi connectivity index (χ1v) is 7.10. The Kier molecular flexibility index (Phi) is 4.81. The minimum absolute atomic E-state index is 0.233. The fraction of sp³-hybridized carbons (Fsp3) is 0.154. The van der Waals surface area contributed by atoms with Gasteiger partial charge < -0.3 is 10.5 Å². The number of carbonyl (C=O) groups is 1. The van der Waals surface area contributed by atoms with Gasteiger partial charge in [-0.1, -0.05) is 11.6 Å². The van der Waals surface area contributed by atoms with Crippen molar-refractivity contribution < 1.29 is 9.52 Å². The Balaban J connectivity index is 2.03. The highest BCUT2D eigenvalue weighted by molar-refractivity contribution is 8.00. The van der Waals surface area contributed by atoms with Gasteiger partial charge in [-0.25, -0.2) is 4.98 Å². The average Bonchev–Trinajstić information content (AvgIpc) is 2.43. The topological polar surface area (TPSA) is 68.9 Å². The molecule has 0 saturated heterocycles. The third kappa shape index (κ3) is 3.61. The Morgan fingerprint density at radius 1 is 1.45 bits per heavy atom. The highest BCUT2D eigenvalue weighted by Crippen LogP contribution is 2.23. The van der Waals surface area contributed by atoms with Gasteiger partial charge in [0, 0.05) is 18.3 Å². The van der Waals surface area contributed by atoms with E-state index in [1.807, 2.05) is 0 Å². The number of pyridine rings is 2. The maximum atomic E-state index is 12.1.